The Morgan fingerprint density at radius 1 is 1.47 bits per heavy atom. The maximum absolute atomic E-state index is 14.0. The number of hydrogen-bond donors (Lipinski definition) is 0. The summed E-state index contributed by atoms with van der Waals surface area (Å²) in [7, 11) is 0. The van der Waals surface area contributed by atoms with Crippen LogP contribution in [-0.4, -0.2) is 12.9 Å². The maximum Gasteiger partial charge on any atom is 0.172 e. The van der Waals surface area contributed by atoms with Gasteiger partial charge in [-0.3, -0.25) is 4.79 Å². The predicted octanol–water partition coefficient (Wildman–Crippen LogP) is 3.77. The van der Waals surface area contributed by atoms with Crippen LogP contribution >= 0.6 is 11.3 Å². The fourth-order valence-electron chi connectivity index (χ4n) is 1.56. The third-order valence-electron chi connectivity index (χ3n) is 2.31. The van der Waals surface area contributed by atoms with Gasteiger partial charge in [-0.1, -0.05) is 12.1 Å². The van der Waals surface area contributed by atoms with Gasteiger partial charge in [0, 0.05) is 5.56 Å². The summed E-state index contributed by atoms with van der Waals surface area (Å²) in [6.45, 7) is 2.23. The van der Waals surface area contributed by atoms with Crippen molar-refractivity contribution < 1.29 is 13.9 Å². The third-order valence-corrected chi connectivity index (χ3v) is 3.17. The van der Waals surface area contributed by atoms with Gasteiger partial charge in [-0.25, -0.2) is 4.39 Å². The third kappa shape index (κ3) is 2.36. The topological polar surface area (TPSA) is 26.3 Å². The van der Waals surface area contributed by atoms with Crippen molar-refractivity contribution >= 4 is 17.6 Å². The first kappa shape index (κ1) is 11.8. The zero-order valence-corrected chi connectivity index (χ0v) is 10.1. The molecule has 2 aromatic rings. The number of halogens is 1. The van der Waals surface area contributed by atoms with E-state index in [9.17, 15) is 9.18 Å². The van der Waals surface area contributed by atoms with Crippen molar-refractivity contribution in [2.45, 2.75) is 6.92 Å². The van der Waals surface area contributed by atoms with Crippen LogP contribution in [0, 0.1) is 5.82 Å². The lowest BCUT2D eigenvalue weighted by atomic mass is 10.1. The van der Waals surface area contributed by atoms with E-state index in [2.05, 4.69) is 0 Å². The van der Waals surface area contributed by atoms with E-state index >= 15 is 0 Å². The highest BCUT2D eigenvalue weighted by atomic mass is 32.1. The molecule has 0 bridgehead atoms. The van der Waals surface area contributed by atoms with Crippen molar-refractivity contribution in [3.05, 3.63) is 40.3 Å². The van der Waals surface area contributed by atoms with E-state index in [0.717, 1.165) is 6.29 Å². The van der Waals surface area contributed by atoms with Crippen LogP contribution in [0.4, 0.5) is 4.39 Å². The molecule has 4 heteroatoms. The van der Waals surface area contributed by atoms with Gasteiger partial charge in [0.15, 0.2) is 17.9 Å². The number of hydrogen-bond acceptors (Lipinski definition) is 3. The Bertz CT molecular complexity index is 534. The number of carbonyl (C=O) groups is 1. The van der Waals surface area contributed by atoms with E-state index in [1.807, 2.05) is 0 Å². The van der Waals surface area contributed by atoms with Crippen LogP contribution in [0.2, 0.25) is 0 Å². The number of carbonyl (C=O) groups excluding carboxylic acids is 1. The zero-order chi connectivity index (χ0) is 12.3. The molecule has 0 saturated carbocycles. The molecular formula is C13H11FO2S. The Morgan fingerprint density at radius 3 is 2.94 bits per heavy atom. The Kier molecular flexibility index (Phi) is 3.54. The van der Waals surface area contributed by atoms with Gasteiger partial charge in [-0.2, -0.15) is 0 Å². The van der Waals surface area contributed by atoms with E-state index < -0.39 is 0 Å². The maximum atomic E-state index is 14.0. The summed E-state index contributed by atoms with van der Waals surface area (Å²) in [6, 6.07) is 6.68. The molecular weight excluding hydrogens is 239 g/mol. The smallest absolute Gasteiger partial charge is 0.172 e. The summed E-state index contributed by atoms with van der Waals surface area (Å²) in [5, 5.41) is 1.76. The molecule has 1 aromatic carbocycles. The van der Waals surface area contributed by atoms with Gasteiger partial charge in [0.25, 0.3) is 0 Å². The van der Waals surface area contributed by atoms with Crippen LogP contribution < -0.4 is 4.74 Å². The van der Waals surface area contributed by atoms with Crippen molar-refractivity contribution in [2.75, 3.05) is 6.61 Å². The van der Waals surface area contributed by atoms with Crippen molar-refractivity contribution in [3.8, 4) is 16.9 Å². The van der Waals surface area contributed by atoms with E-state index in [1.54, 1.807) is 36.6 Å². The lowest BCUT2D eigenvalue weighted by molar-refractivity contribution is 0.112. The summed E-state index contributed by atoms with van der Waals surface area (Å²) in [5.41, 5.74) is 1.16. The molecule has 1 heterocycles. The highest BCUT2D eigenvalue weighted by Crippen LogP contribution is 2.31. The predicted molar refractivity (Wildman–Crippen MR) is 66.3 cm³/mol. The zero-order valence-electron chi connectivity index (χ0n) is 9.27. The molecule has 0 aliphatic heterocycles. The average Bonchev–Trinajstić information content (AvgIpc) is 2.80. The second kappa shape index (κ2) is 5.10. The Hall–Kier alpha value is -1.68. The van der Waals surface area contributed by atoms with Gasteiger partial charge in [0.1, 0.15) is 0 Å². The van der Waals surface area contributed by atoms with Crippen molar-refractivity contribution in [1.82, 2.24) is 0 Å². The molecule has 17 heavy (non-hydrogen) atoms. The van der Waals surface area contributed by atoms with Crippen LogP contribution in [0.3, 0.4) is 0 Å². The highest BCUT2D eigenvalue weighted by Gasteiger charge is 2.11. The normalized spacial score (nSPS) is 10.2. The molecule has 0 N–H and O–H groups in total. The minimum absolute atomic E-state index is 0.240. The lowest BCUT2D eigenvalue weighted by Gasteiger charge is -2.07. The second-order valence-electron chi connectivity index (χ2n) is 3.41. The van der Waals surface area contributed by atoms with Crippen LogP contribution in [0.15, 0.2) is 29.6 Å². The quantitative estimate of drug-likeness (QED) is 0.772. The van der Waals surface area contributed by atoms with Gasteiger partial charge >= 0.3 is 0 Å². The molecule has 0 radical (unpaired) electrons. The van der Waals surface area contributed by atoms with E-state index in [1.165, 1.54) is 11.3 Å². The summed E-state index contributed by atoms with van der Waals surface area (Å²) in [6.07, 6.45) is 0.762. The first-order valence-corrected chi connectivity index (χ1v) is 6.09. The van der Waals surface area contributed by atoms with Crippen molar-refractivity contribution in [2.24, 2.45) is 0 Å². The summed E-state index contributed by atoms with van der Waals surface area (Å²) < 4.78 is 19.2. The molecule has 0 unspecified atom stereocenters. The molecule has 0 atom stereocenters. The molecule has 0 spiro atoms. The fraction of sp³-hybridized carbons (Fsp3) is 0.154. The van der Waals surface area contributed by atoms with Gasteiger partial charge in [0.05, 0.1) is 11.5 Å². The Balaban J connectivity index is 2.44. The van der Waals surface area contributed by atoms with Gasteiger partial charge < -0.3 is 4.74 Å². The van der Waals surface area contributed by atoms with Gasteiger partial charge in [-0.15, -0.1) is 11.3 Å². The minimum Gasteiger partial charge on any atom is -0.491 e. The van der Waals surface area contributed by atoms with E-state index in [4.69, 9.17) is 4.74 Å². The standard InChI is InChI=1S/C13H11FO2S/c1-2-16-12-5-3-4-11(13(12)14)9-6-10(7-15)17-8-9/h3-8H,2H2,1H3. The van der Waals surface area contributed by atoms with Crippen molar-refractivity contribution in [3.63, 3.8) is 0 Å². The molecule has 0 amide bonds. The van der Waals surface area contributed by atoms with E-state index in [-0.39, 0.29) is 11.6 Å². The first-order chi connectivity index (χ1) is 8.26. The fourth-order valence-corrected chi connectivity index (χ4v) is 2.27. The minimum atomic E-state index is -0.385. The van der Waals surface area contributed by atoms with Crippen LogP contribution in [0.25, 0.3) is 11.1 Å². The molecule has 0 fully saturated rings. The van der Waals surface area contributed by atoms with Gasteiger partial charge in [-0.05, 0) is 30.0 Å². The number of ether oxygens (including phenoxy) is 1. The Labute approximate surface area is 103 Å². The monoisotopic (exact) mass is 250 g/mol. The summed E-state index contributed by atoms with van der Waals surface area (Å²) in [5.74, 6) is -0.145. The Morgan fingerprint density at radius 2 is 2.29 bits per heavy atom. The summed E-state index contributed by atoms with van der Waals surface area (Å²) in [4.78, 5) is 11.2. The molecule has 2 rings (SSSR count). The van der Waals surface area contributed by atoms with Crippen LogP contribution in [0.5, 0.6) is 5.75 Å². The largest absolute Gasteiger partial charge is 0.491 e. The molecule has 0 aliphatic carbocycles. The average molecular weight is 250 g/mol. The SMILES string of the molecule is CCOc1cccc(-c2csc(C=O)c2)c1F. The lowest BCUT2D eigenvalue weighted by Crippen LogP contribution is -1.95. The number of aldehydes is 1. The highest BCUT2D eigenvalue weighted by molar-refractivity contribution is 7.12. The molecule has 1 aromatic heterocycles. The first-order valence-electron chi connectivity index (χ1n) is 5.21. The summed E-state index contributed by atoms with van der Waals surface area (Å²) >= 11 is 1.30. The molecule has 2 nitrogen and oxygen atoms in total. The van der Waals surface area contributed by atoms with Gasteiger partial charge in [0.2, 0.25) is 0 Å². The van der Waals surface area contributed by atoms with Crippen LogP contribution in [-0.2, 0) is 0 Å². The number of rotatable bonds is 4. The van der Waals surface area contributed by atoms with Crippen LogP contribution in [0.1, 0.15) is 16.6 Å². The number of benzene rings is 1. The molecule has 0 saturated heterocycles. The number of thiophene rings is 1. The van der Waals surface area contributed by atoms with Crippen molar-refractivity contribution in [1.29, 1.82) is 0 Å². The molecule has 88 valence electrons. The van der Waals surface area contributed by atoms with E-state index in [0.29, 0.717) is 22.6 Å². The second-order valence-corrected chi connectivity index (χ2v) is 4.35. The molecule has 0 aliphatic rings.